The van der Waals surface area contributed by atoms with Gasteiger partial charge in [0.25, 0.3) is 6.04 Å². The van der Waals surface area contributed by atoms with Crippen LogP contribution in [0.4, 0.5) is 0 Å². The number of hydrogen-bond donors (Lipinski definition) is 0. The Labute approximate surface area is 133 Å². The Kier molecular flexibility index (Phi) is 4.80. The van der Waals surface area contributed by atoms with Gasteiger partial charge in [-0.05, 0) is 24.3 Å². The van der Waals surface area contributed by atoms with Gasteiger partial charge in [0.2, 0.25) is 0 Å². The summed E-state index contributed by atoms with van der Waals surface area (Å²) in [7, 11) is -1.45. The van der Waals surface area contributed by atoms with Gasteiger partial charge >= 0.3 is 0 Å². The normalized spacial score (nSPS) is 24.5. The van der Waals surface area contributed by atoms with Crippen molar-refractivity contribution in [1.29, 1.82) is 0 Å². The molecule has 0 fully saturated rings. The second kappa shape index (κ2) is 6.28. The zero-order chi connectivity index (χ0) is 16.5. The standard InChI is InChI=1S/C16H22N2O3S/c1-5-11(2)22(21)17-15-12-8-6-7-9-13(12)16(3,4)10-14(15)18(19)20/h6-9,11,14H,5,10H2,1-4H3/t11-,14?,22?/m1/s1. The topological polar surface area (TPSA) is 72.6 Å². The Hall–Kier alpha value is -1.56. The van der Waals surface area contributed by atoms with E-state index < -0.39 is 17.0 Å². The van der Waals surface area contributed by atoms with E-state index in [1.807, 2.05) is 52.0 Å². The zero-order valence-electron chi connectivity index (χ0n) is 13.4. The first kappa shape index (κ1) is 16.8. The highest BCUT2D eigenvalue weighted by Gasteiger charge is 2.43. The van der Waals surface area contributed by atoms with Crippen LogP contribution < -0.4 is 0 Å². The fraction of sp³-hybridized carbons (Fsp3) is 0.562. The highest BCUT2D eigenvalue weighted by molar-refractivity contribution is 7.84. The molecule has 0 aliphatic heterocycles. The Bertz CT molecular complexity index is 640. The largest absolute Gasteiger partial charge is 0.264 e. The van der Waals surface area contributed by atoms with Crippen molar-refractivity contribution < 1.29 is 9.13 Å². The van der Waals surface area contributed by atoms with Gasteiger partial charge in [0, 0.05) is 16.9 Å². The van der Waals surface area contributed by atoms with Crippen molar-refractivity contribution in [3.8, 4) is 0 Å². The minimum atomic E-state index is -1.45. The van der Waals surface area contributed by atoms with Crippen molar-refractivity contribution in [2.75, 3.05) is 0 Å². The molecular weight excluding hydrogens is 300 g/mol. The SMILES string of the molecule is CC[C@@H](C)S(=O)N=C1c2ccccc2C(C)(C)CC1[N+](=O)[O-]. The van der Waals surface area contributed by atoms with Gasteiger partial charge in [-0.15, -0.1) is 0 Å². The maximum absolute atomic E-state index is 12.3. The van der Waals surface area contributed by atoms with Crippen molar-refractivity contribution in [2.24, 2.45) is 4.40 Å². The molecule has 2 rings (SSSR count). The van der Waals surface area contributed by atoms with E-state index in [1.165, 1.54) is 0 Å². The summed E-state index contributed by atoms with van der Waals surface area (Å²) in [5, 5.41) is 11.4. The van der Waals surface area contributed by atoms with E-state index in [1.54, 1.807) is 0 Å². The van der Waals surface area contributed by atoms with Crippen LogP contribution in [-0.4, -0.2) is 26.1 Å². The molecule has 22 heavy (non-hydrogen) atoms. The molecule has 120 valence electrons. The van der Waals surface area contributed by atoms with Crippen LogP contribution in [0, 0.1) is 10.1 Å². The number of nitrogens with zero attached hydrogens (tertiary/aromatic N) is 2. The number of nitro groups is 1. The van der Waals surface area contributed by atoms with E-state index in [0.29, 0.717) is 12.1 Å². The predicted molar refractivity (Wildman–Crippen MR) is 89.3 cm³/mol. The highest BCUT2D eigenvalue weighted by atomic mass is 32.2. The Morgan fingerprint density at radius 3 is 2.68 bits per heavy atom. The van der Waals surface area contributed by atoms with Crippen LogP contribution in [0.3, 0.4) is 0 Å². The van der Waals surface area contributed by atoms with Crippen LogP contribution in [0.2, 0.25) is 0 Å². The van der Waals surface area contributed by atoms with Crippen LogP contribution >= 0.6 is 0 Å². The lowest BCUT2D eigenvalue weighted by atomic mass is 9.70. The van der Waals surface area contributed by atoms with E-state index in [9.17, 15) is 14.3 Å². The zero-order valence-corrected chi connectivity index (χ0v) is 14.2. The summed E-state index contributed by atoms with van der Waals surface area (Å²) in [5.74, 6) is 0. The monoisotopic (exact) mass is 322 g/mol. The summed E-state index contributed by atoms with van der Waals surface area (Å²) in [6.07, 6.45) is 1.09. The summed E-state index contributed by atoms with van der Waals surface area (Å²) in [6.45, 7) is 7.79. The lowest BCUT2D eigenvalue weighted by molar-refractivity contribution is -0.505. The van der Waals surface area contributed by atoms with Crippen molar-refractivity contribution in [3.63, 3.8) is 0 Å². The quantitative estimate of drug-likeness (QED) is 0.631. The van der Waals surface area contributed by atoms with Gasteiger partial charge in [-0.1, -0.05) is 45.0 Å². The molecule has 1 aromatic rings. The molecule has 0 saturated heterocycles. The number of benzene rings is 1. The highest BCUT2D eigenvalue weighted by Crippen LogP contribution is 2.38. The molecule has 0 spiro atoms. The molecule has 0 heterocycles. The molecular formula is C16H22N2O3S. The molecule has 1 aliphatic rings. The third-order valence-corrected chi connectivity index (χ3v) is 5.71. The number of rotatable bonds is 4. The molecule has 6 heteroatoms. The molecule has 3 atom stereocenters. The minimum Gasteiger partial charge on any atom is -0.264 e. The van der Waals surface area contributed by atoms with Crippen LogP contribution in [0.5, 0.6) is 0 Å². The fourth-order valence-electron chi connectivity index (χ4n) is 2.78. The lowest BCUT2D eigenvalue weighted by Crippen LogP contribution is -2.43. The second-order valence-corrected chi connectivity index (χ2v) is 7.95. The van der Waals surface area contributed by atoms with E-state index in [4.69, 9.17) is 0 Å². The molecule has 0 bridgehead atoms. The van der Waals surface area contributed by atoms with Crippen molar-refractivity contribution >= 4 is 16.7 Å². The van der Waals surface area contributed by atoms with E-state index in [0.717, 1.165) is 17.5 Å². The van der Waals surface area contributed by atoms with Gasteiger partial charge < -0.3 is 0 Å². The van der Waals surface area contributed by atoms with E-state index in [-0.39, 0.29) is 15.6 Å². The van der Waals surface area contributed by atoms with Gasteiger partial charge in [-0.2, -0.15) is 4.40 Å². The van der Waals surface area contributed by atoms with Gasteiger partial charge in [0.05, 0.1) is 5.25 Å². The van der Waals surface area contributed by atoms with E-state index >= 15 is 0 Å². The first-order chi connectivity index (χ1) is 10.3. The summed E-state index contributed by atoms with van der Waals surface area (Å²) >= 11 is 0. The molecule has 0 radical (unpaired) electrons. The fourth-order valence-corrected chi connectivity index (χ4v) is 3.66. The summed E-state index contributed by atoms with van der Waals surface area (Å²) in [5.41, 5.74) is 1.86. The Morgan fingerprint density at radius 2 is 2.09 bits per heavy atom. The Morgan fingerprint density at radius 1 is 1.45 bits per heavy atom. The summed E-state index contributed by atoms with van der Waals surface area (Å²) < 4.78 is 16.5. The van der Waals surface area contributed by atoms with Gasteiger partial charge in [-0.25, -0.2) is 4.21 Å². The van der Waals surface area contributed by atoms with E-state index in [2.05, 4.69) is 4.40 Å². The molecule has 5 nitrogen and oxygen atoms in total. The smallest absolute Gasteiger partial charge is 0.256 e. The van der Waals surface area contributed by atoms with Crippen molar-refractivity contribution in [3.05, 3.63) is 45.5 Å². The van der Waals surface area contributed by atoms with Gasteiger partial charge in [0.15, 0.2) is 0 Å². The van der Waals surface area contributed by atoms with Gasteiger partial charge in [0.1, 0.15) is 16.7 Å². The third-order valence-electron chi connectivity index (χ3n) is 4.31. The van der Waals surface area contributed by atoms with Crippen LogP contribution in [0.1, 0.15) is 51.7 Å². The minimum absolute atomic E-state index is 0.109. The van der Waals surface area contributed by atoms with Crippen LogP contribution in [0.25, 0.3) is 0 Å². The van der Waals surface area contributed by atoms with Crippen molar-refractivity contribution in [2.45, 2.75) is 57.2 Å². The summed E-state index contributed by atoms with van der Waals surface area (Å²) in [4.78, 5) is 11.2. The van der Waals surface area contributed by atoms with Crippen LogP contribution in [0.15, 0.2) is 28.7 Å². The first-order valence-electron chi connectivity index (χ1n) is 7.50. The maximum atomic E-state index is 12.3. The third kappa shape index (κ3) is 3.11. The summed E-state index contributed by atoms with van der Waals surface area (Å²) in [6, 6.07) is 6.69. The Balaban J connectivity index is 2.59. The second-order valence-electron chi connectivity index (χ2n) is 6.41. The molecule has 2 unspecified atom stereocenters. The predicted octanol–water partition coefficient (Wildman–Crippen LogP) is 3.26. The van der Waals surface area contributed by atoms with Crippen molar-refractivity contribution in [1.82, 2.24) is 0 Å². The van der Waals surface area contributed by atoms with Crippen LogP contribution in [-0.2, 0) is 16.4 Å². The number of fused-ring (bicyclic) bond motifs is 1. The molecule has 0 amide bonds. The molecule has 0 aromatic heterocycles. The van der Waals surface area contributed by atoms with Gasteiger partial charge in [-0.3, -0.25) is 10.1 Å². The molecule has 1 aliphatic carbocycles. The molecule has 0 N–H and O–H groups in total. The molecule has 0 saturated carbocycles. The number of hydrogen-bond acceptors (Lipinski definition) is 3. The average molecular weight is 322 g/mol. The lowest BCUT2D eigenvalue weighted by Gasteiger charge is -2.34. The maximum Gasteiger partial charge on any atom is 0.256 e. The molecule has 1 aromatic carbocycles. The average Bonchev–Trinajstić information content (AvgIpc) is 2.48. The first-order valence-corrected chi connectivity index (χ1v) is 8.67.